The van der Waals surface area contributed by atoms with E-state index in [9.17, 15) is 9.90 Å². The molecule has 0 saturated carbocycles. The fourth-order valence-electron chi connectivity index (χ4n) is 2.83. The molecule has 1 fully saturated rings. The number of benzene rings is 1. The van der Waals surface area contributed by atoms with Gasteiger partial charge in [-0.25, -0.2) is 4.79 Å². The van der Waals surface area contributed by atoms with Crippen LogP contribution in [0.3, 0.4) is 0 Å². The lowest BCUT2D eigenvalue weighted by Gasteiger charge is -2.36. The lowest BCUT2D eigenvalue weighted by Crippen LogP contribution is -2.47. The van der Waals surface area contributed by atoms with Gasteiger partial charge in [0.25, 0.3) is 0 Å². The molecule has 0 bridgehead atoms. The maximum absolute atomic E-state index is 10.9. The van der Waals surface area contributed by atoms with E-state index >= 15 is 0 Å². The van der Waals surface area contributed by atoms with Crippen LogP contribution in [0, 0.1) is 0 Å². The van der Waals surface area contributed by atoms with Gasteiger partial charge < -0.3 is 15.1 Å². The van der Waals surface area contributed by atoms with E-state index in [1.807, 2.05) is 30.3 Å². The predicted octanol–water partition coefficient (Wildman–Crippen LogP) is 2.19. The first-order chi connectivity index (χ1) is 11.1. The van der Waals surface area contributed by atoms with Crippen molar-refractivity contribution < 1.29 is 15.0 Å². The molecule has 0 unspecified atom stereocenters. The highest BCUT2D eigenvalue weighted by molar-refractivity contribution is 5.65. The van der Waals surface area contributed by atoms with Crippen molar-refractivity contribution in [3.05, 3.63) is 48.4 Å². The van der Waals surface area contributed by atoms with Crippen LogP contribution in [-0.4, -0.2) is 49.9 Å². The maximum Gasteiger partial charge on any atom is 0.407 e. The van der Waals surface area contributed by atoms with Gasteiger partial charge in [0.05, 0.1) is 23.2 Å². The quantitative estimate of drug-likeness (QED) is 0.907. The Hall–Kier alpha value is -2.47. The van der Waals surface area contributed by atoms with Crippen molar-refractivity contribution in [2.45, 2.75) is 24.9 Å². The van der Waals surface area contributed by atoms with E-state index in [-0.39, 0.29) is 0 Å². The molecule has 6 heteroatoms. The number of piperidine rings is 1. The van der Waals surface area contributed by atoms with Gasteiger partial charge in [-0.2, -0.15) is 0 Å². The second-order valence-electron chi connectivity index (χ2n) is 5.93. The number of rotatable bonds is 3. The molecule has 3 rings (SSSR count). The second-order valence-corrected chi connectivity index (χ2v) is 5.93. The van der Waals surface area contributed by atoms with Crippen LogP contribution in [0.1, 0.15) is 18.5 Å². The van der Waals surface area contributed by atoms with E-state index in [4.69, 9.17) is 5.11 Å². The largest absolute Gasteiger partial charge is 0.465 e. The standard InChI is InChI=1S/C17H19N3O3/c21-16(22)20-8-6-17(23,7-9-20)10-14-11-19-15(12-18-14)13-4-2-1-3-5-13/h1-5,11-12,23H,6-10H2,(H,21,22). The van der Waals surface area contributed by atoms with Crippen molar-refractivity contribution in [1.82, 2.24) is 14.9 Å². The molecule has 0 atom stereocenters. The number of aliphatic hydroxyl groups is 1. The molecule has 0 radical (unpaired) electrons. The number of likely N-dealkylation sites (tertiary alicyclic amines) is 1. The van der Waals surface area contributed by atoms with Crippen LogP contribution in [0.5, 0.6) is 0 Å². The zero-order chi connectivity index (χ0) is 16.3. The monoisotopic (exact) mass is 313 g/mol. The minimum absolute atomic E-state index is 0.349. The Bertz CT molecular complexity index is 665. The molecule has 1 saturated heterocycles. The summed E-state index contributed by atoms with van der Waals surface area (Å²) in [7, 11) is 0. The van der Waals surface area contributed by atoms with Crippen LogP contribution in [-0.2, 0) is 6.42 Å². The molecule has 0 spiro atoms. The Morgan fingerprint density at radius 1 is 1.13 bits per heavy atom. The third kappa shape index (κ3) is 3.65. The zero-order valence-corrected chi connectivity index (χ0v) is 12.7. The van der Waals surface area contributed by atoms with Gasteiger partial charge in [0.1, 0.15) is 0 Å². The van der Waals surface area contributed by atoms with Crippen LogP contribution in [0.2, 0.25) is 0 Å². The minimum atomic E-state index is -0.931. The summed E-state index contributed by atoms with van der Waals surface area (Å²) in [6.07, 6.45) is 3.69. The van der Waals surface area contributed by atoms with Gasteiger partial charge in [0.15, 0.2) is 0 Å². The normalized spacial score (nSPS) is 17.0. The number of carbonyl (C=O) groups is 1. The van der Waals surface area contributed by atoms with Crippen LogP contribution in [0.15, 0.2) is 42.7 Å². The number of amides is 1. The lowest BCUT2D eigenvalue weighted by atomic mass is 9.87. The number of aromatic nitrogens is 2. The maximum atomic E-state index is 10.9. The highest BCUT2D eigenvalue weighted by Gasteiger charge is 2.34. The minimum Gasteiger partial charge on any atom is -0.465 e. The molecular formula is C17H19N3O3. The first kappa shape index (κ1) is 15.4. The van der Waals surface area contributed by atoms with Gasteiger partial charge in [0, 0.05) is 31.3 Å². The van der Waals surface area contributed by atoms with Crippen molar-refractivity contribution in [2.75, 3.05) is 13.1 Å². The van der Waals surface area contributed by atoms with Crippen LogP contribution in [0.4, 0.5) is 4.79 Å². The summed E-state index contributed by atoms with van der Waals surface area (Å²) in [6.45, 7) is 0.697. The fraction of sp³-hybridized carbons (Fsp3) is 0.353. The number of hydrogen-bond acceptors (Lipinski definition) is 4. The van der Waals surface area contributed by atoms with E-state index in [1.54, 1.807) is 12.4 Å². The predicted molar refractivity (Wildman–Crippen MR) is 85.0 cm³/mol. The van der Waals surface area contributed by atoms with Crippen molar-refractivity contribution in [3.63, 3.8) is 0 Å². The van der Waals surface area contributed by atoms with E-state index in [0.29, 0.717) is 32.4 Å². The first-order valence-corrected chi connectivity index (χ1v) is 7.62. The zero-order valence-electron chi connectivity index (χ0n) is 12.7. The van der Waals surface area contributed by atoms with Gasteiger partial charge in [0.2, 0.25) is 0 Å². The molecule has 23 heavy (non-hydrogen) atoms. The molecule has 1 aliphatic heterocycles. The van der Waals surface area contributed by atoms with Crippen molar-refractivity contribution in [3.8, 4) is 11.3 Å². The van der Waals surface area contributed by atoms with Gasteiger partial charge in [-0.05, 0) is 12.8 Å². The second kappa shape index (κ2) is 6.34. The van der Waals surface area contributed by atoms with E-state index in [1.165, 1.54) is 4.90 Å². The summed E-state index contributed by atoms with van der Waals surface area (Å²) in [5, 5.41) is 19.6. The van der Waals surface area contributed by atoms with Gasteiger partial charge in [-0.3, -0.25) is 9.97 Å². The molecule has 2 aromatic rings. The lowest BCUT2D eigenvalue weighted by molar-refractivity contribution is -0.0169. The summed E-state index contributed by atoms with van der Waals surface area (Å²) in [4.78, 5) is 21.1. The fourth-order valence-corrected chi connectivity index (χ4v) is 2.83. The van der Waals surface area contributed by atoms with E-state index < -0.39 is 11.7 Å². The highest BCUT2D eigenvalue weighted by Crippen LogP contribution is 2.26. The molecule has 2 heterocycles. The van der Waals surface area contributed by atoms with E-state index in [0.717, 1.165) is 17.0 Å². The van der Waals surface area contributed by atoms with Crippen LogP contribution < -0.4 is 0 Å². The Morgan fingerprint density at radius 3 is 2.39 bits per heavy atom. The molecule has 2 N–H and O–H groups in total. The Morgan fingerprint density at radius 2 is 1.83 bits per heavy atom. The van der Waals surface area contributed by atoms with Crippen LogP contribution >= 0.6 is 0 Å². The Kier molecular flexibility index (Phi) is 4.25. The van der Waals surface area contributed by atoms with Crippen molar-refractivity contribution in [2.24, 2.45) is 0 Å². The molecule has 120 valence electrons. The third-order valence-corrected chi connectivity index (χ3v) is 4.25. The number of carboxylic acid groups (broad SMARTS) is 1. The average molecular weight is 313 g/mol. The average Bonchev–Trinajstić information content (AvgIpc) is 2.56. The molecule has 1 aliphatic rings. The van der Waals surface area contributed by atoms with Gasteiger partial charge >= 0.3 is 6.09 Å². The molecule has 1 amide bonds. The number of nitrogens with zero attached hydrogens (tertiary/aromatic N) is 3. The summed E-state index contributed by atoms with van der Waals surface area (Å²) >= 11 is 0. The molecule has 1 aromatic heterocycles. The van der Waals surface area contributed by atoms with Crippen molar-refractivity contribution in [1.29, 1.82) is 0 Å². The third-order valence-electron chi connectivity index (χ3n) is 4.25. The number of hydrogen-bond donors (Lipinski definition) is 2. The molecule has 0 aliphatic carbocycles. The SMILES string of the molecule is O=C(O)N1CCC(O)(Cc2cnc(-c3ccccc3)cn2)CC1. The summed E-state index contributed by atoms with van der Waals surface area (Å²) in [5.74, 6) is 0. The molecule has 6 nitrogen and oxygen atoms in total. The smallest absolute Gasteiger partial charge is 0.407 e. The Balaban J connectivity index is 1.66. The van der Waals surface area contributed by atoms with Gasteiger partial charge in [-0.15, -0.1) is 0 Å². The van der Waals surface area contributed by atoms with E-state index in [2.05, 4.69) is 9.97 Å². The topological polar surface area (TPSA) is 86.5 Å². The summed E-state index contributed by atoms with van der Waals surface area (Å²) in [5.41, 5.74) is 1.60. The van der Waals surface area contributed by atoms with Crippen molar-refractivity contribution >= 4 is 6.09 Å². The van der Waals surface area contributed by atoms with Crippen LogP contribution in [0.25, 0.3) is 11.3 Å². The molecular weight excluding hydrogens is 294 g/mol. The summed E-state index contributed by atoms with van der Waals surface area (Å²) < 4.78 is 0. The Labute approximate surface area is 134 Å². The summed E-state index contributed by atoms with van der Waals surface area (Å²) in [6, 6.07) is 9.79. The molecule has 1 aromatic carbocycles. The first-order valence-electron chi connectivity index (χ1n) is 7.62. The van der Waals surface area contributed by atoms with Gasteiger partial charge in [-0.1, -0.05) is 30.3 Å². The highest BCUT2D eigenvalue weighted by atomic mass is 16.4.